The van der Waals surface area contributed by atoms with E-state index in [0.29, 0.717) is 22.7 Å². The minimum atomic E-state index is -0.467. The van der Waals surface area contributed by atoms with Gasteiger partial charge in [0.15, 0.2) is 17.3 Å². The van der Waals surface area contributed by atoms with E-state index in [9.17, 15) is 9.59 Å². The molecule has 114 valence electrons. The summed E-state index contributed by atoms with van der Waals surface area (Å²) in [5.41, 5.74) is 0.939. The molecule has 1 aliphatic rings. The van der Waals surface area contributed by atoms with Gasteiger partial charge in [-0.2, -0.15) is 0 Å². The number of nitrogens with zero attached hydrogens (tertiary/aromatic N) is 1. The summed E-state index contributed by atoms with van der Waals surface area (Å²) in [7, 11) is 3.01. The molecular formula is C15H19NO5. The largest absolute Gasteiger partial charge is 0.493 e. The predicted octanol–water partition coefficient (Wildman–Crippen LogP) is 2.64. The van der Waals surface area contributed by atoms with E-state index in [4.69, 9.17) is 14.2 Å². The predicted molar refractivity (Wildman–Crippen MR) is 77.5 cm³/mol. The number of ketones is 1. The maximum atomic E-state index is 12.2. The van der Waals surface area contributed by atoms with Gasteiger partial charge in [0.05, 0.1) is 26.5 Å². The fourth-order valence-corrected chi connectivity index (χ4v) is 2.47. The molecule has 1 heterocycles. The lowest BCUT2D eigenvalue weighted by Crippen LogP contribution is -2.44. The van der Waals surface area contributed by atoms with Gasteiger partial charge in [-0.05, 0) is 19.9 Å². The Balaban J connectivity index is 2.56. The quantitative estimate of drug-likeness (QED) is 0.857. The fraction of sp³-hybridized carbons (Fsp3) is 0.467. The zero-order chi connectivity index (χ0) is 15.6. The third kappa shape index (κ3) is 2.66. The fourth-order valence-electron chi connectivity index (χ4n) is 2.47. The number of methoxy groups -OCH3 is 2. The normalized spacial score (nSPS) is 17.2. The van der Waals surface area contributed by atoms with Gasteiger partial charge in [-0.25, -0.2) is 4.79 Å². The van der Waals surface area contributed by atoms with Gasteiger partial charge in [0.25, 0.3) is 0 Å². The monoisotopic (exact) mass is 293 g/mol. The molecule has 0 bridgehead atoms. The zero-order valence-electron chi connectivity index (χ0n) is 12.6. The summed E-state index contributed by atoms with van der Waals surface area (Å²) in [6.45, 7) is 3.83. The van der Waals surface area contributed by atoms with Crippen molar-refractivity contribution in [3.63, 3.8) is 0 Å². The Morgan fingerprint density at radius 2 is 1.90 bits per heavy atom. The van der Waals surface area contributed by atoms with Gasteiger partial charge < -0.3 is 14.2 Å². The van der Waals surface area contributed by atoms with Crippen molar-refractivity contribution < 1.29 is 23.8 Å². The summed E-state index contributed by atoms with van der Waals surface area (Å²) in [6.07, 6.45) is -0.215. The molecule has 1 aliphatic heterocycles. The van der Waals surface area contributed by atoms with E-state index in [0.717, 1.165) is 0 Å². The minimum absolute atomic E-state index is 0.0287. The molecule has 0 saturated heterocycles. The molecule has 2 rings (SSSR count). The molecule has 0 unspecified atom stereocenters. The van der Waals surface area contributed by atoms with Crippen LogP contribution in [0.25, 0.3) is 0 Å². The standard InChI is InChI=1S/C15H19NO5/c1-5-21-15(18)16-9(2)6-12(17)10-7-13(19-3)14(20-4)8-11(10)16/h7-9H,5-6H2,1-4H3/t9-/m1/s1. The molecule has 0 aromatic heterocycles. The van der Waals surface area contributed by atoms with Crippen LogP contribution in [0.5, 0.6) is 11.5 Å². The van der Waals surface area contributed by atoms with Crippen molar-refractivity contribution >= 4 is 17.6 Å². The average molecular weight is 293 g/mol. The van der Waals surface area contributed by atoms with Crippen LogP contribution in [0.15, 0.2) is 12.1 Å². The maximum Gasteiger partial charge on any atom is 0.414 e. The van der Waals surface area contributed by atoms with Crippen molar-refractivity contribution in [1.82, 2.24) is 0 Å². The number of amides is 1. The second-order valence-electron chi connectivity index (χ2n) is 4.77. The van der Waals surface area contributed by atoms with Crippen LogP contribution in [0.1, 0.15) is 30.6 Å². The molecule has 1 amide bonds. The van der Waals surface area contributed by atoms with Crippen LogP contribution in [0, 0.1) is 0 Å². The van der Waals surface area contributed by atoms with Crippen LogP contribution >= 0.6 is 0 Å². The highest BCUT2D eigenvalue weighted by molar-refractivity contribution is 6.08. The van der Waals surface area contributed by atoms with Crippen LogP contribution in [-0.2, 0) is 4.74 Å². The van der Waals surface area contributed by atoms with Gasteiger partial charge in [0, 0.05) is 24.1 Å². The van der Waals surface area contributed by atoms with Crippen molar-refractivity contribution in [1.29, 1.82) is 0 Å². The third-order valence-electron chi connectivity index (χ3n) is 3.45. The van der Waals surface area contributed by atoms with Crippen LogP contribution in [-0.4, -0.2) is 38.7 Å². The topological polar surface area (TPSA) is 65.1 Å². The molecule has 1 aromatic rings. The number of carbonyl (C=O) groups is 2. The molecule has 6 heteroatoms. The second-order valence-corrected chi connectivity index (χ2v) is 4.77. The molecule has 0 spiro atoms. The number of hydrogen-bond acceptors (Lipinski definition) is 5. The number of Topliss-reactive ketones (excluding diaryl/α,β-unsaturated/α-hetero) is 1. The maximum absolute atomic E-state index is 12.2. The third-order valence-corrected chi connectivity index (χ3v) is 3.45. The molecule has 0 N–H and O–H groups in total. The Morgan fingerprint density at radius 1 is 1.29 bits per heavy atom. The lowest BCUT2D eigenvalue weighted by atomic mass is 9.95. The van der Waals surface area contributed by atoms with Gasteiger partial charge in [-0.3, -0.25) is 9.69 Å². The van der Waals surface area contributed by atoms with E-state index >= 15 is 0 Å². The highest BCUT2D eigenvalue weighted by atomic mass is 16.6. The molecule has 0 fully saturated rings. The highest BCUT2D eigenvalue weighted by Crippen LogP contribution is 2.39. The van der Waals surface area contributed by atoms with Gasteiger partial charge in [0.2, 0.25) is 0 Å². The second kappa shape index (κ2) is 6.03. The number of carbonyl (C=O) groups excluding carboxylic acids is 2. The van der Waals surface area contributed by atoms with Crippen molar-refractivity contribution in [2.24, 2.45) is 0 Å². The number of fused-ring (bicyclic) bond motifs is 1. The number of benzene rings is 1. The lowest BCUT2D eigenvalue weighted by molar-refractivity contribution is 0.0965. The van der Waals surface area contributed by atoms with Crippen LogP contribution < -0.4 is 14.4 Å². The molecule has 1 atom stereocenters. The Kier molecular flexibility index (Phi) is 4.35. The molecule has 1 aromatic carbocycles. The van der Waals surface area contributed by atoms with Crippen LogP contribution in [0.4, 0.5) is 10.5 Å². The zero-order valence-corrected chi connectivity index (χ0v) is 12.6. The van der Waals surface area contributed by atoms with E-state index in [1.807, 2.05) is 6.92 Å². The van der Waals surface area contributed by atoms with Crippen molar-refractivity contribution in [3.05, 3.63) is 17.7 Å². The summed E-state index contributed by atoms with van der Waals surface area (Å²) in [5, 5.41) is 0. The summed E-state index contributed by atoms with van der Waals surface area (Å²) in [5.74, 6) is 0.898. The van der Waals surface area contributed by atoms with E-state index in [-0.39, 0.29) is 24.9 Å². The van der Waals surface area contributed by atoms with Crippen molar-refractivity contribution in [2.45, 2.75) is 26.3 Å². The van der Waals surface area contributed by atoms with Crippen molar-refractivity contribution in [3.8, 4) is 11.5 Å². The first-order valence-corrected chi connectivity index (χ1v) is 6.78. The summed E-state index contributed by atoms with van der Waals surface area (Å²) in [4.78, 5) is 25.9. The van der Waals surface area contributed by atoms with Crippen LogP contribution in [0.3, 0.4) is 0 Å². The Labute approximate surface area is 123 Å². The molecule has 0 aliphatic carbocycles. The average Bonchev–Trinajstić information content (AvgIpc) is 2.46. The Hall–Kier alpha value is -2.24. The van der Waals surface area contributed by atoms with Crippen LogP contribution in [0.2, 0.25) is 0 Å². The van der Waals surface area contributed by atoms with E-state index in [1.54, 1.807) is 19.1 Å². The summed E-state index contributed by atoms with van der Waals surface area (Å²) >= 11 is 0. The molecular weight excluding hydrogens is 274 g/mol. The molecule has 21 heavy (non-hydrogen) atoms. The summed E-state index contributed by atoms with van der Waals surface area (Å²) in [6, 6.07) is 2.98. The molecule has 0 radical (unpaired) electrons. The number of anilines is 1. The van der Waals surface area contributed by atoms with Crippen molar-refractivity contribution in [2.75, 3.05) is 25.7 Å². The van der Waals surface area contributed by atoms with Gasteiger partial charge in [-0.15, -0.1) is 0 Å². The Morgan fingerprint density at radius 3 is 2.48 bits per heavy atom. The highest BCUT2D eigenvalue weighted by Gasteiger charge is 2.35. The van der Waals surface area contributed by atoms with E-state index in [1.165, 1.54) is 19.1 Å². The first kappa shape index (κ1) is 15.2. The smallest absolute Gasteiger partial charge is 0.414 e. The Bertz CT molecular complexity index is 569. The minimum Gasteiger partial charge on any atom is -0.493 e. The number of rotatable bonds is 3. The first-order valence-electron chi connectivity index (χ1n) is 6.78. The van der Waals surface area contributed by atoms with E-state index in [2.05, 4.69) is 0 Å². The first-order chi connectivity index (χ1) is 10.0. The van der Waals surface area contributed by atoms with E-state index < -0.39 is 6.09 Å². The number of hydrogen-bond donors (Lipinski definition) is 0. The number of ether oxygens (including phenoxy) is 3. The molecule has 6 nitrogen and oxygen atoms in total. The lowest BCUT2D eigenvalue weighted by Gasteiger charge is -2.34. The van der Waals surface area contributed by atoms with Gasteiger partial charge in [-0.1, -0.05) is 0 Å². The molecule has 0 saturated carbocycles. The SMILES string of the molecule is CCOC(=O)N1c2cc(OC)c(OC)cc2C(=O)C[C@H]1C. The summed E-state index contributed by atoms with van der Waals surface area (Å²) < 4.78 is 15.5. The van der Waals surface area contributed by atoms with Gasteiger partial charge >= 0.3 is 6.09 Å². The van der Waals surface area contributed by atoms with Gasteiger partial charge in [0.1, 0.15) is 0 Å².